The van der Waals surface area contributed by atoms with Gasteiger partial charge in [-0.05, 0) is 31.7 Å². The summed E-state index contributed by atoms with van der Waals surface area (Å²) in [4.78, 5) is 2.07. The van der Waals surface area contributed by atoms with Crippen LogP contribution in [0.5, 0.6) is 0 Å². The Balaban J connectivity index is 2.05. The number of aryl methyl sites for hydroxylation is 1. The quantitative estimate of drug-likeness (QED) is 0.846. The van der Waals surface area contributed by atoms with Crippen molar-refractivity contribution in [3.8, 4) is 0 Å². The molecule has 0 saturated carbocycles. The molecule has 0 unspecified atom stereocenters. The van der Waals surface area contributed by atoms with Gasteiger partial charge in [0.25, 0.3) is 0 Å². The molecular formula is C14H17FN2O. The summed E-state index contributed by atoms with van der Waals surface area (Å²) in [5.41, 5.74) is 7.88. The number of rotatable bonds is 4. The number of furan rings is 1. The number of para-hydroxylation sites is 1. The van der Waals surface area contributed by atoms with Gasteiger partial charge in [0, 0.05) is 18.7 Å². The van der Waals surface area contributed by atoms with Crippen LogP contribution in [0.2, 0.25) is 0 Å². The number of nitrogens with two attached hydrogens (primary N) is 1. The molecule has 2 rings (SSSR count). The highest BCUT2D eigenvalue weighted by molar-refractivity contribution is 5.47. The molecular weight excluding hydrogens is 231 g/mol. The van der Waals surface area contributed by atoms with Crippen molar-refractivity contribution in [2.75, 3.05) is 12.8 Å². The second-order valence-electron chi connectivity index (χ2n) is 4.49. The van der Waals surface area contributed by atoms with E-state index in [-0.39, 0.29) is 11.5 Å². The van der Waals surface area contributed by atoms with Crippen molar-refractivity contribution in [3.05, 3.63) is 53.2 Å². The Kier molecular flexibility index (Phi) is 3.67. The number of hydrogen-bond donors (Lipinski definition) is 1. The van der Waals surface area contributed by atoms with Gasteiger partial charge in [-0.3, -0.25) is 4.90 Å². The highest BCUT2D eigenvalue weighted by atomic mass is 19.1. The molecule has 18 heavy (non-hydrogen) atoms. The van der Waals surface area contributed by atoms with Crippen molar-refractivity contribution in [2.24, 2.45) is 0 Å². The maximum absolute atomic E-state index is 13.3. The number of anilines is 1. The predicted octanol–water partition coefficient (Wildman–Crippen LogP) is 2.94. The summed E-state index contributed by atoms with van der Waals surface area (Å²) >= 11 is 0. The van der Waals surface area contributed by atoms with Crippen LogP contribution in [0.4, 0.5) is 10.1 Å². The molecule has 0 bridgehead atoms. The van der Waals surface area contributed by atoms with Crippen molar-refractivity contribution in [1.29, 1.82) is 0 Å². The monoisotopic (exact) mass is 248 g/mol. The van der Waals surface area contributed by atoms with Gasteiger partial charge in [-0.25, -0.2) is 4.39 Å². The first kappa shape index (κ1) is 12.6. The van der Waals surface area contributed by atoms with E-state index in [9.17, 15) is 4.39 Å². The number of halogens is 1. The molecule has 1 aromatic carbocycles. The van der Waals surface area contributed by atoms with Crippen molar-refractivity contribution in [3.63, 3.8) is 0 Å². The maximum atomic E-state index is 13.3. The minimum Gasteiger partial charge on any atom is -0.469 e. The molecule has 96 valence electrons. The molecule has 1 heterocycles. The summed E-state index contributed by atoms with van der Waals surface area (Å²) in [5, 5.41) is 0. The molecule has 0 aliphatic rings. The third kappa shape index (κ3) is 2.71. The Labute approximate surface area is 106 Å². The van der Waals surface area contributed by atoms with E-state index in [1.807, 2.05) is 26.1 Å². The average Bonchev–Trinajstić information content (AvgIpc) is 2.71. The molecule has 2 aromatic rings. The van der Waals surface area contributed by atoms with E-state index in [0.717, 1.165) is 23.4 Å². The zero-order valence-corrected chi connectivity index (χ0v) is 10.6. The van der Waals surface area contributed by atoms with E-state index in [4.69, 9.17) is 10.2 Å². The lowest BCUT2D eigenvalue weighted by molar-refractivity contribution is 0.316. The van der Waals surface area contributed by atoms with Crippen LogP contribution in [0, 0.1) is 12.7 Å². The predicted molar refractivity (Wildman–Crippen MR) is 69.4 cm³/mol. The zero-order chi connectivity index (χ0) is 13.1. The summed E-state index contributed by atoms with van der Waals surface area (Å²) in [6.45, 7) is 3.28. The van der Waals surface area contributed by atoms with E-state index in [1.165, 1.54) is 6.07 Å². The van der Waals surface area contributed by atoms with Crippen LogP contribution in [0.1, 0.15) is 16.9 Å². The minimum atomic E-state index is -0.361. The van der Waals surface area contributed by atoms with E-state index >= 15 is 0 Å². The summed E-state index contributed by atoms with van der Waals surface area (Å²) < 4.78 is 18.6. The molecule has 0 spiro atoms. The second-order valence-corrected chi connectivity index (χ2v) is 4.49. The van der Waals surface area contributed by atoms with Crippen LogP contribution < -0.4 is 5.73 Å². The van der Waals surface area contributed by atoms with Crippen LogP contribution >= 0.6 is 0 Å². The van der Waals surface area contributed by atoms with Gasteiger partial charge in [0.1, 0.15) is 11.6 Å². The van der Waals surface area contributed by atoms with Crippen LogP contribution in [0.3, 0.4) is 0 Å². The number of benzene rings is 1. The van der Waals surface area contributed by atoms with Gasteiger partial charge < -0.3 is 10.2 Å². The first-order chi connectivity index (χ1) is 8.58. The summed E-state index contributed by atoms with van der Waals surface area (Å²) in [5.74, 6) is 0.550. The Morgan fingerprint density at radius 3 is 2.61 bits per heavy atom. The molecule has 0 aliphatic carbocycles. The summed E-state index contributed by atoms with van der Waals surface area (Å²) in [7, 11) is 1.97. The Hall–Kier alpha value is -1.81. The summed E-state index contributed by atoms with van der Waals surface area (Å²) in [6.07, 6.45) is 1.68. The average molecular weight is 248 g/mol. The highest BCUT2D eigenvalue weighted by Crippen LogP contribution is 2.19. The Morgan fingerprint density at radius 1 is 1.22 bits per heavy atom. The molecule has 4 heteroatoms. The number of nitrogens with zero attached hydrogens (tertiary/aromatic N) is 1. The fourth-order valence-electron chi connectivity index (χ4n) is 1.93. The van der Waals surface area contributed by atoms with Gasteiger partial charge in [-0.1, -0.05) is 12.1 Å². The van der Waals surface area contributed by atoms with Crippen molar-refractivity contribution < 1.29 is 8.81 Å². The zero-order valence-electron chi connectivity index (χ0n) is 10.6. The molecule has 3 nitrogen and oxygen atoms in total. The largest absolute Gasteiger partial charge is 0.469 e. The Bertz CT molecular complexity index is 536. The van der Waals surface area contributed by atoms with E-state index < -0.39 is 0 Å². The van der Waals surface area contributed by atoms with E-state index in [0.29, 0.717) is 6.54 Å². The van der Waals surface area contributed by atoms with E-state index in [1.54, 1.807) is 12.3 Å². The Morgan fingerprint density at radius 2 is 1.94 bits per heavy atom. The molecule has 1 aromatic heterocycles. The SMILES string of the molecule is Cc1occc1CN(C)Cc1cccc(F)c1N. The van der Waals surface area contributed by atoms with Gasteiger partial charge in [-0.2, -0.15) is 0 Å². The molecule has 0 amide bonds. The summed E-state index contributed by atoms with van der Waals surface area (Å²) in [6, 6.07) is 6.84. The highest BCUT2D eigenvalue weighted by Gasteiger charge is 2.09. The van der Waals surface area contributed by atoms with Gasteiger partial charge in [0.15, 0.2) is 0 Å². The third-order valence-electron chi connectivity index (χ3n) is 2.99. The minimum absolute atomic E-state index is 0.230. The maximum Gasteiger partial charge on any atom is 0.146 e. The fraction of sp³-hybridized carbons (Fsp3) is 0.286. The number of nitrogen functional groups attached to an aromatic ring is 1. The lowest BCUT2D eigenvalue weighted by Gasteiger charge is -2.17. The van der Waals surface area contributed by atoms with Crippen LogP contribution in [-0.2, 0) is 13.1 Å². The van der Waals surface area contributed by atoms with Gasteiger partial charge in [0.2, 0.25) is 0 Å². The van der Waals surface area contributed by atoms with Gasteiger partial charge >= 0.3 is 0 Å². The molecule has 0 atom stereocenters. The molecule has 0 radical (unpaired) electrons. The molecule has 0 fully saturated rings. The number of hydrogen-bond acceptors (Lipinski definition) is 3. The van der Waals surface area contributed by atoms with Crippen LogP contribution in [-0.4, -0.2) is 11.9 Å². The van der Waals surface area contributed by atoms with Crippen LogP contribution in [0.25, 0.3) is 0 Å². The lowest BCUT2D eigenvalue weighted by atomic mass is 10.1. The second kappa shape index (κ2) is 5.23. The fourth-order valence-corrected chi connectivity index (χ4v) is 1.93. The lowest BCUT2D eigenvalue weighted by Crippen LogP contribution is -2.18. The molecule has 2 N–H and O–H groups in total. The first-order valence-electron chi connectivity index (χ1n) is 5.82. The van der Waals surface area contributed by atoms with Crippen molar-refractivity contribution >= 4 is 5.69 Å². The van der Waals surface area contributed by atoms with Gasteiger partial charge in [0.05, 0.1) is 12.0 Å². The first-order valence-corrected chi connectivity index (χ1v) is 5.82. The molecule has 0 aliphatic heterocycles. The van der Waals surface area contributed by atoms with E-state index in [2.05, 4.69) is 4.90 Å². The smallest absolute Gasteiger partial charge is 0.146 e. The van der Waals surface area contributed by atoms with Crippen molar-refractivity contribution in [2.45, 2.75) is 20.0 Å². The van der Waals surface area contributed by atoms with Gasteiger partial charge in [-0.15, -0.1) is 0 Å². The topological polar surface area (TPSA) is 42.4 Å². The third-order valence-corrected chi connectivity index (χ3v) is 2.99. The van der Waals surface area contributed by atoms with Crippen molar-refractivity contribution in [1.82, 2.24) is 4.90 Å². The normalized spacial score (nSPS) is 11.1. The van der Waals surface area contributed by atoms with Crippen LogP contribution in [0.15, 0.2) is 34.9 Å². The molecule has 0 saturated heterocycles. The standard InChI is InChI=1S/C14H17FN2O/c1-10-11(6-7-18-10)8-17(2)9-12-4-3-5-13(15)14(12)16/h3-7H,8-9,16H2,1-2H3.